The van der Waals surface area contributed by atoms with Crippen molar-refractivity contribution in [3.05, 3.63) is 29.8 Å². The summed E-state index contributed by atoms with van der Waals surface area (Å²) >= 11 is 0.245. The number of rotatable bonds is 10. The molecule has 1 aromatic carbocycles. The fourth-order valence-electron chi connectivity index (χ4n) is 2.69. The molecular weight excluding hydrogens is 403 g/mol. The van der Waals surface area contributed by atoms with Crippen molar-refractivity contribution in [2.45, 2.75) is 61.4 Å². The van der Waals surface area contributed by atoms with Crippen LogP contribution in [0.5, 0.6) is 5.75 Å². The van der Waals surface area contributed by atoms with E-state index in [0.717, 1.165) is 16.4 Å². The first-order valence-electron chi connectivity index (χ1n) is 8.75. The minimum atomic E-state index is -0.950. The summed E-state index contributed by atoms with van der Waals surface area (Å²) in [6, 6.07) is 7.12. The first kappa shape index (κ1) is 21.4. The topological polar surface area (TPSA) is 85.2 Å². The predicted octanol–water partition coefficient (Wildman–Crippen LogP) is 2.07. The first-order valence-corrected chi connectivity index (χ1v) is 11.2. The predicted molar refractivity (Wildman–Crippen MR) is 98.8 cm³/mol. The normalized spacial score (nSPS) is 21.3. The molecule has 1 saturated heterocycles. The van der Waals surface area contributed by atoms with Crippen LogP contribution in [0.4, 0.5) is 0 Å². The van der Waals surface area contributed by atoms with Gasteiger partial charge in [0.25, 0.3) is 0 Å². The molecule has 0 bridgehead atoms. The van der Waals surface area contributed by atoms with Crippen molar-refractivity contribution >= 4 is 20.7 Å². The van der Waals surface area contributed by atoms with Crippen molar-refractivity contribution in [3.8, 4) is 5.75 Å². The third kappa shape index (κ3) is 6.34. The van der Waals surface area contributed by atoms with E-state index < -0.39 is 24.1 Å². The fraction of sp³-hybridized carbons (Fsp3) is 0.632. The molecule has 0 radical (unpaired) electrons. The Morgan fingerprint density at radius 3 is 2.58 bits per heavy atom. The number of hydrogen-bond donors (Lipinski definition) is 2. The van der Waals surface area contributed by atoms with Crippen molar-refractivity contribution in [1.82, 2.24) is 0 Å². The Hall–Kier alpha value is -0.951. The zero-order chi connectivity index (χ0) is 19.2. The molecule has 1 fully saturated rings. The number of hydrogen-bond acceptors (Lipinski definition) is 6. The van der Waals surface area contributed by atoms with Crippen molar-refractivity contribution in [2.24, 2.45) is 0 Å². The number of aliphatic hydroxyl groups is 2. The van der Waals surface area contributed by atoms with Crippen LogP contribution in [0.15, 0.2) is 24.3 Å². The van der Waals surface area contributed by atoms with Gasteiger partial charge >= 0.3 is 161 Å². The van der Waals surface area contributed by atoms with Gasteiger partial charge in [0, 0.05) is 0 Å². The molecule has 3 atom stereocenters. The number of benzene rings is 1. The van der Waals surface area contributed by atoms with Gasteiger partial charge in [0.2, 0.25) is 0 Å². The maximum atomic E-state index is 12.1. The molecule has 0 aromatic heterocycles. The van der Waals surface area contributed by atoms with E-state index in [-0.39, 0.29) is 27.3 Å². The summed E-state index contributed by atoms with van der Waals surface area (Å²) < 4.78 is 16.1. The summed E-state index contributed by atoms with van der Waals surface area (Å²) in [4.78, 5) is 12.1. The number of ketones is 1. The Labute approximate surface area is 161 Å². The van der Waals surface area contributed by atoms with Crippen molar-refractivity contribution in [2.75, 3.05) is 13.7 Å². The van der Waals surface area contributed by atoms with Gasteiger partial charge < -0.3 is 0 Å². The summed E-state index contributed by atoms with van der Waals surface area (Å²) in [5, 5.41) is 21.9. The molecule has 2 N–H and O–H groups in total. The number of aliphatic hydroxyl groups excluding tert-OH is 2. The molecule has 6 nitrogen and oxygen atoms in total. The van der Waals surface area contributed by atoms with Crippen LogP contribution < -0.4 is 4.74 Å². The van der Waals surface area contributed by atoms with Crippen molar-refractivity contribution in [3.63, 3.8) is 0 Å². The SMILES string of the molecule is COc1ccc(C(=O)CC[Se]CC[C@@H](O)[C@H](O)[C@H]2COC(C)(C)O2)cc1. The van der Waals surface area contributed by atoms with E-state index in [0.29, 0.717) is 18.4 Å². The Morgan fingerprint density at radius 1 is 1.31 bits per heavy atom. The Balaban J connectivity index is 1.62. The second kappa shape index (κ2) is 9.83. The second-order valence-electron chi connectivity index (χ2n) is 6.73. The van der Waals surface area contributed by atoms with Gasteiger partial charge in [-0.1, -0.05) is 0 Å². The van der Waals surface area contributed by atoms with Crippen LogP contribution in [-0.4, -0.2) is 68.8 Å². The number of carbonyl (C=O) groups is 1. The van der Waals surface area contributed by atoms with Gasteiger partial charge in [-0.2, -0.15) is 0 Å². The van der Waals surface area contributed by atoms with E-state index in [1.807, 2.05) is 0 Å². The van der Waals surface area contributed by atoms with Crippen molar-refractivity contribution < 1.29 is 29.2 Å². The van der Waals surface area contributed by atoms with Gasteiger partial charge in [-0.25, -0.2) is 0 Å². The Morgan fingerprint density at radius 2 is 2.00 bits per heavy atom. The maximum absolute atomic E-state index is 12.1. The monoisotopic (exact) mass is 432 g/mol. The summed E-state index contributed by atoms with van der Waals surface area (Å²) in [6.45, 7) is 3.86. The van der Waals surface area contributed by atoms with Crippen LogP contribution in [0.3, 0.4) is 0 Å². The molecule has 2 rings (SSSR count). The van der Waals surface area contributed by atoms with E-state index in [4.69, 9.17) is 14.2 Å². The standard InChI is InChI=1S/C19H28O6Se/c1-19(2)24-12-17(25-19)18(22)16(21)9-11-26-10-8-15(20)13-4-6-14(23-3)7-5-13/h4-7,16-18,21-22H,8-12H2,1-3H3/t16-,17-,18+/m1/s1. The molecule has 0 amide bonds. The van der Waals surface area contributed by atoms with Gasteiger partial charge in [0.15, 0.2) is 0 Å². The Bertz CT molecular complexity index is 574. The molecule has 1 aliphatic rings. The number of methoxy groups -OCH3 is 1. The van der Waals surface area contributed by atoms with E-state index in [2.05, 4.69) is 0 Å². The quantitative estimate of drug-likeness (QED) is 0.335. The van der Waals surface area contributed by atoms with Crippen LogP contribution in [-0.2, 0) is 9.47 Å². The fourth-order valence-corrected chi connectivity index (χ4v) is 4.67. The third-order valence-corrected chi connectivity index (χ3v) is 6.38. The van der Waals surface area contributed by atoms with Crippen LogP contribution in [0.2, 0.25) is 10.6 Å². The van der Waals surface area contributed by atoms with Crippen LogP contribution in [0.25, 0.3) is 0 Å². The van der Waals surface area contributed by atoms with Crippen LogP contribution in [0.1, 0.15) is 37.0 Å². The average Bonchev–Trinajstić information content (AvgIpc) is 3.00. The van der Waals surface area contributed by atoms with Gasteiger partial charge in [-0.15, -0.1) is 0 Å². The summed E-state index contributed by atoms with van der Waals surface area (Å²) in [7, 11) is 1.59. The molecule has 7 heteroatoms. The zero-order valence-corrected chi connectivity index (χ0v) is 17.2. The molecule has 26 heavy (non-hydrogen) atoms. The van der Waals surface area contributed by atoms with Gasteiger partial charge in [0.1, 0.15) is 0 Å². The molecule has 1 aliphatic heterocycles. The molecular formula is C19H28O6Se. The summed E-state index contributed by atoms with van der Waals surface area (Å²) in [6.07, 6.45) is -1.29. The summed E-state index contributed by atoms with van der Waals surface area (Å²) in [5.74, 6) is 0.143. The number of Topliss-reactive ketones (excluding diaryl/α,β-unsaturated/α-hetero) is 1. The molecule has 0 aliphatic carbocycles. The first-order chi connectivity index (χ1) is 12.3. The number of carbonyl (C=O) groups excluding carboxylic acids is 1. The van der Waals surface area contributed by atoms with E-state index in [1.54, 1.807) is 45.2 Å². The molecule has 146 valence electrons. The second-order valence-corrected chi connectivity index (χ2v) is 9.30. The van der Waals surface area contributed by atoms with E-state index in [1.165, 1.54) is 0 Å². The summed E-state index contributed by atoms with van der Waals surface area (Å²) in [5.41, 5.74) is 0.693. The van der Waals surface area contributed by atoms with E-state index in [9.17, 15) is 15.0 Å². The average molecular weight is 431 g/mol. The van der Waals surface area contributed by atoms with Gasteiger partial charge in [0.05, 0.1) is 0 Å². The number of ether oxygens (including phenoxy) is 3. The molecule has 1 heterocycles. The zero-order valence-electron chi connectivity index (χ0n) is 15.5. The molecule has 1 aromatic rings. The third-order valence-electron chi connectivity index (χ3n) is 4.25. The minimum absolute atomic E-state index is 0.119. The molecule has 0 spiro atoms. The van der Waals surface area contributed by atoms with Crippen LogP contribution >= 0.6 is 0 Å². The molecule has 0 unspecified atom stereocenters. The van der Waals surface area contributed by atoms with Crippen LogP contribution in [0, 0.1) is 0 Å². The van der Waals surface area contributed by atoms with Gasteiger partial charge in [-0.3, -0.25) is 0 Å². The molecule has 0 saturated carbocycles. The van der Waals surface area contributed by atoms with Crippen molar-refractivity contribution in [1.29, 1.82) is 0 Å². The Kier molecular flexibility index (Phi) is 8.07. The van der Waals surface area contributed by atoms with E-state index >= 15 is 0 Å². The van der Waals surface area contributed by atoms with Gasteiger partial charge in [-0.05, 0) is 0 Å².